The molecule has 158 valence electrons. The van der Waals surface area contributed by atoms with E-state index in [-0.39, 0.29) is 18.0 Å². The van der Waals surface area contributed by atoms with Crippen LogP contribution < -0.4 is 5.32 Å². The molecule has 0 aromatic carbocycles. The van der Waals surface area contributed by atoms with Gasteiger partial charge in [-0.05, 0) is 56.4 Å². The minimum absolute atomic E-state index is 0.0788. The van der Waals surface area contributed by atoms with Crippen LogP contribution in [0.3, 0.4) is 0 Å². The van der Waals surface area contributed by atoms with Crippen molar-refractivity contribution in [3.63, 3.8) is 0 Å². The molecule has 1 N–H and O–H groups in total. The van der Waals surface area contributed by atoms with Crippen molar-refractivity contribution >= 4 is 11.7 Å². The average Bonchev–Trinajstić information content (AvgIpc) is 3.36. The second-order valence-corrected chi connectivity index (χ2v) is 8.41. The molecule has 5 rings (SSSR count). The molecule has 1 aliphatic heterocycles. The number of halogens is 1. The molecule has 2 bridgehead atoms. The molecule has 31 heavy (non-hydrogen) atoms. The van der Waals surface area contributed by atoms with Crippen LogP contribution in [0.2, 0.25) is 0 Å². The molecule has 1 saturated carbocycles. The van der Waals surface area contributed by atoms with E-state index in [0.717, 1.165) is 36.1 Å². The van der Waals surface area contributed by atoms with Gasteiger partial charge in [0.1, 0.15) is 11.5 Å². The van der Waals surface area contributed by atoms with Gasteiger partial charge in [-0.25, -0.2) is 19.9 Å². The van der Waals surface area contributed by atoms with Crippen molar-refractivity contribution in [3.05, 3.63) is 65.8 Å². The molecule has 3 aromatic rings. The van der Waals surface area contributed by atoms with Gasteiger partial charge in [0, 0.05) is 30.0 Å². The third-order valence-electron chi connectivity index (χ3n) is 6.12. The summed E-state index contributed by atoms with van der Waals surface area (Å²) in [7, 11) is 0. The minimum atomic E-state index is -0.660. The number of pyridine rings is 2. The van der Waals surface area contributed by atoms with E-state index in [2.05, 4.69) is 25.3 Å². The van der Waals surface area contributed by atoms with E-state index in [1.807, 2.05) is 43.1 Å². The lowest BCUT2D eigenvalue weighted by molar-refractivity contribution is 0.0686. The Morgan fingerprint density at radius 2 is 1.94 bits per heavy atom. The normalized spacial score (nSPS) is 22.0. The van der Waals surface area contributed by atoms with E-state index >= 15 is 0 Å². The Balaban J connectivity index is 1.42. The van der Waals surface area contributed by atoms with Crippen molar-refractivity contribution in [2.24, 2.45) is 5.92 Å². The van der Waals surface area contributed by atoms with Gasteiger partial charge >= 0.3 is 0 Å². The quantitative estimate of drug-likeness (QED) is 0.699. The van der Waals surface area contributed by atoms with Crippen LogP contribution in [0.25, 0.3) is 11.3 Å². The second kappa shape index (κ2) is 7.68. The predicted molar refractivity (Wildman–Crippen MR) is 114 cm³/mol. The number of hydrogen-bond acceptors (Lipinski definition) is 6. The fourth-order valence-electron chi connectivity index (χ4n) is 4.67. The first kappa shape index (κ1) is 19.5. The summed E-state index contributed by atoms with van der Waals surface area (Å²) in [6.45, 7) is 4.57. The lowest BCUT2D eigenvalue weighted by Crippen LogP contribution is -2.48. The lowest BCUT2D eigenvalue weighted by atomic mass is 10.0. The molecule has 2 fully saturated rings. The van der Waals surface area contributed by atoms with E-state index in [4.69, 9.17) is 0 Å². The van der Waals surface area contributed by atoms with Gasteiger partial charge in [-0.1, -0.05) is 6.07 Å². The van der Waals surface area contributed by atoms with E-state index in [9.17, 15) is 9.18 Å². The Morgan fingerprint density at radius 3 is 2.65 bits per heavy atom. The van der Waals surface area contributed by atoms with Crippen LogP contribution >= 0.6 is 0 Å². The van der Waals surface area contributed by atoms with Crippen molar-refractivity contribution in [1.82, 2.24) is 24.8 Å². The fraction of sp³-hybridized carbons (Fsp3) is 0.348. The molecule has 1 saturated heterocycles. The number of amides is 1. The highest BCUT2D eigenvalue weighted by Gasteiger charge is 2.47. The maximum Gasteiger partial charge on any atom is 0.273 e. The third-order valence-corrected chi connectivity index (χ3v) is 6.12. The number of rotatable bonds is 4. The molecule has 2 aliphatic rings. The summed E-state index contributed by atoms with van der Waals surface area (Å²) < 4.78 is 13.2. The van der Waals surface area contributed by atoms with Crippen LogP contribution in [0, 0.1) is 25.7 Å². The summed E-state index contributed by atoms with van der Waals surface area (Å²) >= 11 is 0. The van der Waals surface area contributed by atoms with Crippen LogP contribution in [-0.4, -0.2) is 49.4 Å². The van der Waals surface area contributed by atoms with Crippen LogP contribution in [0.5, 0.6) is 0 Å². The van der Waals surface area contributed by atoms with Crippen LogP contribution in [0.4, 0.5) is 10.2 Å². The molecule has 3 aromatic heterocycles. The van der Waals surface area contributed by atoms with Gasteiger partial charge in [-0.3, -0.25) is 4.79 Å². The highest BCUT2D eigenvalue weighted by Crippen LogP contribution is 2.40. The Hall–Kier alpha value is -3.42. The van der Waals surface area contributed by atoms with Gasteiger partial charge in [0.25, 0.3) is 5.91 Å². The molecule has 4 heterocycles. The van der Waals surface area contributed by atoms with E-state index < -0.39 is 5.95 Å². The zero-order valence-corrected chi connectivity index (χ0v) is 17.4. The monoisotopic (exact) mass is 418 g/mol. The number of nitrogens with one attached hydrogen (secondary N) is 1. The maximum absolute atomic E-state index is 13.6. The second-order valence-electron chi connectivity index (χ2n) is 8.41. The van der Waals surface area contributed by atoms with Gasteiger partial charge in [-0.15, -0.1) is 0 Å². The molecule has 3 atom stereocenters. The first-order chi connectivity index (χ1) is 15.0. The summed E-state index contributed by atoms with van der Waals surface area (Å²) in [5, 5.41) is 3.51. The topological polar surface area (TPSA) is 83.9 Å². The molecule has 0 spiro atoms. The Kier molecular flexibility index (Phi) is 4.84. The van der Waals surface area contributed by atoms with Crippen LogP contribution in [-0.2, 0) is 0 Å². The number of anilines is 1. The third kappa shape index (κ3) is 3.73. The standard InChI is InChI=1S/C23H23FN6O/c1-13-3-6-21(27-9-13)29-17-7-15-8-19(17)30(12-15)23(31)22-16(5-4-14(2)28-22)18-10-26-20(24)11-25-18/h3-6,9-11,15,17,19H,7-8,12H2,1-2H3,(H,27,29). The lowest BCUT2D eigenvalue weighted by Gasteiger charge is -2.34. The summed E-state index contributed by atoms with van der Waals surface area (Å²) in [6, 6.07) is 7.85. The van der Waals surface area contributed by atoms with E-state index in [1.165, 1.54) is 6.20 Å². The summed E-state index contributed by atoms with van der Waals surface area (Å²) in [5.74, 6) is 0.496. The van der Waals surface area contributed by atoms with Crippen molar-refractivity contribution in [3.8, 4) is 11.3 Å². The number of likely N-dealkylation sites (tertiary alicyclic amines) is 1. The number of aryl methyl sites for hydroxylation is 2. The summed E-state index contributed by atoms with van der Waals surface area (Å²) in [4.78, 5) is 32.3. The fourth-order valence-corrected chi connectivity index (χ4v) is 4.67. The van der Waals surface area contributed by atoms with Gasteiger partial charge in [0.2, 0.25) is 5.95 Å². The van der Waals surface area contributed by atoms with E-state index in [1.54, 1.807) is 6.07 Å². The van der Waals surface area contributed by atoms with Gasteiger partial charge in [-0.2, -0.15) is 4.39 Å². The van der Waals surface area contributed by atoms with Crippen LogP contribution in [0.1, 0.15) is 34.6 Å². The number of nitrogens with zero attached hydrogens (tertiary/aromatic N) is 5. The van der Waals surface area contributed by atoms with Gasteiger partial charge < -0.3 is 10.2 Å². The van der Waals surface area contributed by atoms with E-state index in [0.29, 0.717) is 29.4 Å². The predicted octanol–water partition coefficient (Wildman–Crippen LogP) is 3.40. The molecule has 1 amide bonds. The number of carbonyl (C=O) groups excluding carboxylic acids is 1. The van der Waals surface area contributed by atoms with Gasteiger partial charge in [0.05, 0.1) is 24.1 Å². The van der Waals surface area contributed by atoms with Gasteiger partial charge in [0.15, 0.2) is 0 Å². The SMILES string of the molecule is Cc1ccc(NC2CC3CC2N(C(=O)c2nc(C)ccc2-c2cnc(F)cn2)C3)nc1. The molecule has 8 heteroatoms. The van der Waals surface area contributed by atoms with Crippen molar-refractivity contribution < 1.29 is 9.18 Å². The zero-order chi connectivity index (χ0) is 21.5. The van der Waals surface area contributed by atoms with Crippen molar-refractivity contribution in [2.75, 3.05) is 11.9 Å². The van der Waals surface area contributed by atoms with Crippen molar-refractivity contribution in [1.29, 1.82) is 0 Å². The molecule has 1 aliphatic carbocycles. The number of carbonyl (C=O) groups is 1. The molecule has 0 radical (unpaired) electrons. The summed E-state index contributed by atoms with van der Waals surface area (Å²) in [6.07, 6.45) is 6.21. The zero-order valence-electron chi connectivity index (χ0n) is 17.4. The smallest absolute Gasteiger partial charge is 0.273 e. The number of hydrogen-bond donors (Lipinski definition) is 1. The maximum atomic E-state index is 13.6. The Labute approximate surface area is 179 Å². The molecule has 3 unspecified atom stereocenters. The van der Waals surface area contributed by atoms with Crippen LogP contribution in [0.15, 0.2) is 42.9 Å². The number of aromatic nitrogens is 4. The summed E-state index contributed by atoms with van der Waals surface area (Å²) in [5.41, 5.74) is 3.18. The molecular weight excluding hydrogens is 395 g/mol. The van der Waals surface area contributed by atoms with Crippen molar-refractivity contribution in [2.45, 2.75) is 38.8 Å². The Morgan fingerprint density at radius 1 is 1.06 bits per heavy atom. The average molecular weight is 418 g/mol. The first-order valence-corrected chi connectivity index (χ1v) is 10.4. The highest BCUT2D eigenvalue weighted by molar-refractivity contribution is 5.99. The number of piperidine rings is 1. The molecular formula is C23H23FN6O. The largest absolute Gasteiger partial charge is 0.365 e. The minimum Gasteiger partial charge on any atom is -0.365 e. The number of fused-ring (bicyclic) bond motifs is 2. The first-order valence-electron chi connectivity index (χ1n) is 10.4. The molecule has 7 nitrogen and oxygen atoms in total. The highest BCUT2D eigenvalue weighted by atomic mass is 19.1. The Bertz CT molecular complexity index is 1120.